The zero-order chi connectivity index (χ0) is 22.7. The number of rotatable bonds is 3. The summed E-state index contributed by atoms with van der Waals surface area (Å²) < 4.78 is 16.9. The molecule has 0 bridgehead atoms. The van der Waals surface area contributed by atoms with Crippen LogP contribution in [0.5, 0.6) is 11.5 Å². The number of nitrogens with zero attached hydrogens (tertiary/aromatic N) is 1. The highest BCUT2D eigenvalue weighted by Gasteiger charge is 2.42. The lowest BCUT2D eigenvalue weighted by molar-refractivity contribution is 0.0714. The summed E-state index contributed by atoms with van der Waals surface area (Å²) >= 11 is 6.28. The molecule has 1 unspecified atom stereocenters. The molecule has 1 atom stereocenters. The van der Waals surface area contributed by atoms with E-state index >= 15 is 0 Å². The maximum Gasteiger partial charge on any atom is 0.291 e. The monoisotopic (exact) mass is 459 g/mol. The largest absolute Gasteiger partial charge is 0.454 e. The van der Waals surface area contributed by atoms with E-state index < -0.39 is 6.04 Å². The van der Waals surface area contributed by atoms with E-state index in [1.165, 1.54) is 0 Å². The minimum atomic E-state index is -0.627. The molecule has 4 aromatic rings. The molecule has 6 nitrogen and oxygen atoms in total. The molecule has 0 saturated carbocycles. The van der Waals surface area contributed by atoms with Gasteiger partial charge < -0.3 is 18.8 Å². The maximum atomic E-state index is 13.6. The number of aryl methyl sites for hydroxylation is 1. The zero-order valence-electron chi connectivity index (χ0n) is 17.6. The van der Waals surface area contributed by atoms with Crippen molar-refractivity contribution in [2.24, 2.45) is 0 Å². The Hall–Kier alpha value is -3.77. The lowest BCUT2D eigenvalue weighted by atomic mass is 9.98. The number of carbonyl (C=O) groups excluding carboxylic acids is 1. The first-order valence-corrected chi connectivity index (χ1v) is 10.9. The Labute approximate surface area is 193 Å². The third-order valence-corrected chi connectivity index (χ3v) is 6.31. The summed E-state index contributed by atoms with van der Waals surface area (Å²) in [7, 11) is 0. The van der Waals surface area contributed by atoms with Crippen LogP contribution in [-0.4, -0.2) is 17.6 Å². The van der Waals surface area contributed by atoms with Crippen LogP contribution in [0.4, 0.5) is 0 Å². The predicted octanol–water partition coefficient (Wildman–Crippen LogP) is 5.23. The summed E-state index contributed by atoms with van der Waals surface area (Å²) in [4.78, 5) is 28.8. The summed E-state index contributed by atoms with van der Waals surface area (Å²) in [6.07, 6.45) is 0. The number of hydrogen-bond acceptors (Lipinski definition) is 5. The van der Waals surface area contributed by atoms with Gasteiger partial charge in [-0.05, 0) is 54.4 Å². The van der Waals surface area contributed by atoms with Crippen LogP contribution in [-0.2, 0) is 6.54 Å². The third kappa shape index (κ3) is 3.17. The van der Waals surface area contributed by atoms with Gasteiger partial charge >= 0.3 is 0 Å². The molecule has 3 aromatic carbocycles. The van der Waals surface area contributed by atoms with Crippen molar-refractivity contribution in [1.29, 1.82) is 0 Å². The third-order valence-electron chi connectivity index (χ3n) is 6.08. The fraction of sp³-hybridized carbons (Fsp3) is 0.154. The van der Waals surface area contributed by atoms with E-state index in [1.807, 2.05) is 43.3 Å². The summed E-state index contributed by atoms with van der Waals surface area (Å²) in [5, 5.41) is 0.982. The van der Waals surface area contributed by atoms with Crippen molar-refractivity contribution in [3.8, 4) is 11.5 Å². The summed E-state index contributed by atoms with van der Waals surface area (Å²) in [6, 6.07) is 17.5. The number of fused-ring (bicyclic) bond motifs is 3. The van der Waals surface area contributed by atoms with E-state index in [0.717, 1.165) is 16.7 Å². The van der Waals surface area contributed by atoms with Gasteiger partial charge in [-0.15, -0.1) is 0 Å². The van der Waals surface area contributed by atoms with Gasteiger partial charge in [0.1, 0.15) is 5.58 Å². The van der Waals surface area contributed by atoms with E-state index in [-0.39, 0.29) is 30.4 Å². The van der Waals surface area contributed by atoms with E-state index in [1.54, 1.807) is 29.2 Å². The number of amides is 1. The van der Waals surface area contributed by atoms with Crippen molar-refractivity contribution in [1.82, 2.24) is 4.90 Å². The zero-order valence-corrected chi connectivity index (χ0v) is 18.4. The minimum absolute atomic E-state index is 0.0714. The maximum absolute atomic E-state index is 13.6. The number of halogens is 1. The highest BCUT2D eigenvalue weighted by atomic mass is 35.5. The van der Waals surface area contributed by atoms with Gasteiger partial charge in [0.2, 0.25) is 12.6 Å². The van der Waals surface area contributed by atoms with Crippen molar-refractivity contribution < 1.29 is 18.7 Å². The molecule has 0 saturated heterocycles. The molecular weight excluding hydrogens is 442 g/mol. The van der Waals surface area contributed by atoms with Crippen LogP contribution in [0.1, 0.15) is 38.9 Å². The summed E-state index contributed by atoms with van der Waals surface area (Å²) in [5.41, 5.74) is 3.06. The minimum Gasteiger partial charge on any atom is -0.454 e. The number of carbonyl (C=O) groups is 1. The van der Waals surface area contributed by atoms with E-state index in [4.69, 9.17) is 25.5 Å². The second kappa shape index (κ2) is 7.39. The highest BCUT2D eigenvalue weighted by molar-refractivity contribution is 6.30. The van der Waals surface area contributed by atoms with E-state index in [0.29, 0.717) is 33.1 Å². The fourth-order valence-corrected chi connectivity index (χ4v) is 4.76. The number of benzene rings is 3. The van der Waals surface area contributed by atoms with Crippen LogP contribution in [0.15, 0.2) is 69.9 Å². The molecule has 3 heterocycles. The van der Waals surface area contributed by atoms with Crippen LogP contribution in [0, 0.1) is 6.92 Å². The Morgan fingerprint density at radius 2 is 1.85 bits per heavy atom. The van der Waals surface area contributed by atoms with Gasteiger partial charge in [-0.3, -0.25) is 9.59 Å². The fourth-order valence-electron chi connectivity index (χ4n) is 4.56. The molecule has 0 aliphatic carbocycles. The average Bonchev–Trinajstić information content (AvgIpc) is 3.37. The van der Waals surface area contributed by atoms with Crippen LogP contribution in [0.2, 0.25) is 5.02 Å². The van der Waals surface area contributed by atoms with Crippen LogP contribution < -0.4 is 14.9 Å². The topological polar surface area (TPSA) is 69.0 Å². The van der Waals surface area contributed by atoms with Crippen molar-refractivity contribution in [2.45, 2.75) is 19.5 Å². The van der Waals surface area contributed by atoms with Gasteiger partial charge in [-0.1, -0.05) is 41.4 Å². The Morgan fingerprint density at radius 3 is 2.70 bits per heavy atom. The molecule has 1 aromatic heterocycles. The van der Waals surface area contributed by atoms with Crippen molar-refractivity contribution in [3.05, 3.63) is 104 Å². The molecule has 0 radical (unpaired) electrons. The van der Waals surface area contributed by atoms with Crippen molar-refractivity contribution >= 4 is 28.5 Å². The molecule has 0 fully saturated rings. The van der Waals surface area contributed by atoms with Gasteiger partial charge in [-0.2, -0.15) is 0 Å². The first kappa shape index (κ1) is 19.9. The lowest BCUT2D eigenvalue weighted by Crippen LogP contribution is -2.29. The Bertz CT molecular complexity index is 1510. The van der Waals surface area contributed by atoms with Crippen molar-refractivity contribution in [2.75, 3.05) is 6.79 Å². The first-order chi connectivity index (χ1) is 16.0. The molecular formula is C26H18ClNO5. The normalized spacial score (nSPS) is 16.5. The molecule has 164 valence electrons. The smallest absolute Gasteiger partial charge is 0.291 e. The average molecular weight is 460 g/mol. The second-order valence-corrected chi connectivity index (χ2v) is 8.69. The van der Waals surface area contributed by atoms with Gasteiger partial charge in [0.15, 0.2) is 16.9 Å². The molecule has 2 aliphatic rings. The molecule has 0 spiro atoms. The van der Waals surface area contributed by atoms with Gasteiger partial charge in [-0.25, -0.2) is 0 Å². The quantitative estimate of drug-likeness (QED) is 0.419. The molecule has 0 N–H and O–H groups in total. The molecule has 6 rings (SSSR count). The predicted molar refractivity (Wildman–Crippen MR) is 123 cm³/mol. The highest BCUT2D eigenvalue weighted by Crippen LogP contribution is 2.41. The van der Waals surface area contributed by atoms with E-state index in [2.05, 4.69) is 0 Å². The van der Waals surface area contributed by atoms with Gasteiger partial charge in [0.25, 0.3) is 5.91 Å². The standard InChI is InChI=1S/C26H18ClNO5/c1-14-5-7-19-18(9-14)24(29)22-23(16-3-2-4-17(27)11-16)28(26(30)25(22)33-19)12-15-6-8-20-21(10-15)32-13-31-20/h2-11,23H,12-13H2,1H3. The molecule has 2 aliphatic heterocycles. The van der Waals surface area contributed by atoms with Crippen molar-refractivity contribution in [3.63, 3.8) is 0 Å². The Kier molecular flexibility index (Phi) is 4.45. The van der Waals surface area contributed by atoms with E-state index in [9.17, 15) is 9.59 Å². The number of hydrogen-bond donors (Lipinski definition) is 0. The number of ether oxygens (including phenoxy) is 2. The lowest BCUT2D eigenvalue weighted by Gasteiger charge is -2.25. The van der Waals surface area contributed by atoms with Gasteiger partial charge in [0.05, 0.1) is 17.0 Å². The SMILES string of the molecule is Cc1ccc2oc3c(c(=O)c2c1)C(c1cccc(Cl)c1)N(Cc1ccc2c(c1)OCO2)C3=O. The van der Waals surface area contributed by atoms with Gasteiger partial charge in [0, 0.05) is 11.6 Å². The Balaban J connectivity index is 1.53. The summed E-state index contributed by atoms with van der Waals surface area (Å²) in [5.74, 6) is 1.03. The molecule has 7 heteroatoms. The molecule has 33 heavy (non-hydrogen) atoms. The summed E-state index contributed by atoms with van der Waals surface area (Å²) in [6.45, 7) is 2.34. The molecule has 1 amide bonds. The first-order valence-electron chi connectivity index (χ1n) is 10.5. The van der Waals surface area contributed by atoms with Crippen LogP contribution >= 0.6 is 11.6 Å². The van der Waals surface area contributed by atoms with Crippen LogP contribution in [0.3, 0.4) is 0 Å². The Morgan fingerprint density at radius 1 is 1.00 bits per heavy atom. The van der Waals surface area contributed by atoms with Crippen LogP contribution in [0.25, 0.3) is 11.0 Å². The second-order valence-electron chi connectivity index (χ2n) is 8.25.